The van der Waals surface area contributed by atoms with Crippen LogP contribution in [0.1, 0.15) is 23.2 Å². The van der Waals surface area contributed by atoms with Crippen molar-refractivity contribution in [2.45, 2.75) is 12.8 Å². The van der Waals surface area contributed by atoms with Crippen LogP contribution in [0.5, 0.6) is 5.75 Å². The molecule has 0 aliphatic rings. The van der Waals surface area contributed by atoms with Gasteiger partial charge >= 0.3 is 0 Å². The summed E-state index contributed by atoms with van der Waals surface area (Å²) in [5.41, 5.74) is 5.61. The zero-order valence-corrected chi connectivity index (χ0v) is 15.6. The minimum atomic E-state index is -0.525. The van der Waals surface area contributed by atoms with Crippen molar-refractivity contribution in [3.63, 3.8) is 0 Å². The minimum absolute atomic E-state index is 0.00860. The first kappa shape index (κ1) is 21.2. The number of halogens is 2. The molecule has 2 rings (SSSR count). The summed E-state index contributed by atoms with van der Waals surface area (Å²) in [4.78, 5) is 35.1. The monoisotopic (exact) mass is 407 g/mol. The van der Waals surface area contributed by atoms with E-state index in [4.69, 9.17) is 22.1 Å². The van der Waals surface area contributed by atoms with E-state index in [1.165, 1.54) is 12.1 Å². The first-order valence-corrected chi connectivity index (χ1v) is 8.78. The standard InChI is InChI=1S/C19H19ClFN3O4/c20-14-11-12(21)5-6-16(14)28-10-8-18(26)24-15-4-2-1-3-13(15)19(27)23-9-7-17(22)25/h1-6,11H,7-10H2,(H2,22,25)(H,23,27)(H,24,26). The maximum absolute atomic E-state index is 13.0. The molecule has 148 valence electrons. The number of carbonyl (C=O) groups is 3. The number of primary amides is 1. The van der Waals surface area contributed by atoms with Gasteiger partial charge in [0, 0.05) is 13.0 Å². The second-order valence-corrected chi connectivity index (χ2v) is 6.15. The van der Waals surface area contributed by atoms with Crippen molar-refractivity contribution in [3.05, 3.63) is 58.9 Å². The Morgan fingerprint density at radius 2 is 1.86 bits per heavy atom. The van der Waals surface area contributed by atoms with Gasteiger partial charge in [0.2, 0.25) is 11.8 Å². The van der Waals surface area contributed by atoms with E-state index in [2.05, 4.69) is 10.6 Å². The van der Waals surface area contributed by atoms with Crippen LogP contribution in [0.15, 0.2) is 42.5 Å². The first-order valence-electron chi connectivity index (χ1n) is 8.40. The minimum Gasteiger partial charge on any atom is -0.491 e. The molecule has 0 saturated heterocycles. The number of rotatable bonds is 9. The van der Waals surface area contributed by atoms with Crippen molar-refractivity contribution in [1.29, 1.82) is 0 Å². The fourth-order valence-electron chi connectivity index (χ4n) is 2.24. The Hall–Kier alpha value is -3.13. The summed E-state index contributed by atoms with van der Waals surface area (Å²) in [5, 5.41) is 5.30. The van der Waals surface area contributed by atoms with E-state index in [0.29, 0.717) is 5.69 Å². The topological polar surface area (TPSA) is 111 Å². The third-order valence-corrected chi connectivity index (χ3v) is 3.88. The van der Waals surface area contributed by atoms with Gasteiger partial charge in [-0.15, -0.1) is 0 Å². The fourth-order valence-corrected chi connectivity index (χ4v) is 2.47. The number of nitrogens with two attached hydrogens (primary N) is 1. The number of amides is 3. The Kier molecular flexibility index (Phi) is 7.76. The zero-order valence-electron chi connectivity index (χ0n) is 14.8. The molecule has 0 aliphatic carbocycles. The summed E-state index contributed by atoms with van der Waals surface area (Å²) in [7, 11) is 0. The van der Waals surface area contributed by atoms with Crippen molar-refractivity contribution >= 4 is 35.0 Å². The van der Waals surface area contributed by atoms with E-state index >= 15 is 0 Å². The van der Waals surface area contributed by atoms with E-state index in [-0.39, 0.29) is 48.2 Å². The summed E-state index contributed by atoms with van der Waals surface area (Å²) < 4.78 is 18.4. The van der Waals surface area contributed by atoms with Gasteiger partial charge in [0.05, 0.1) is 29.3 Å². The van der Waals surface area contributed by atoms with E-state index in [1.807, 2.05) is 0 Å². The van der Waals surface area contributed by atoms with Gasteiger partial charge in [0.1, 0.15) is 11.6 Å². The zero-order chi connectivity index (χ0) is 20.5. The Labute approximate surface area is 166 Å². The lowest BCUT2D eigenvalue weighted by Crippen LogP contribution is -2.29. The molecule has 9 heteroatoms. The van der Waals surface area contributed by atoms with Crippen molar-refractivity contribution in [2.24, 2.45) is 5.73 Å². The number of benzene rings is 2. The molecule has 2 aromatic carbocycles. The fraction of sp³-hybridized carbons (Fsp3) is 0.211. The predicted molar refractivity (Wildman–Crippen MR) is 103 cm³/mol. The van der Waals surface area contributed by atoms with E-state index in [9.17, 15) is 18.8 Å². The molecule has 0 fully saturated rings. The van der Waals surface area contributed by atoms with Crippen LogP contribution in [0.25, 0.3) is 0 Å². The molecule has 3 amide bonds. The van der Waals surface area contributed by atoms with Crippen LogP contribution in [0.4, 0.5) is 10.1 Å². The first-order chi connectivity index (χ1) is 13.4. The molecule has 0 atom stereocenters. The quantitative estimate of drug-likeness (QED) is 0.593. The molecule has 0 aromatic heterocycles. The lowest BCUT2D eigenvalue weighted by Gasteiger charge is -2.12. The number of hydrogen-bond acceptors (Lipinski definition) is 4. The maximum Gasteiger partial charge on any atom is 0.253 e. The molecular weight excluding hydrogens is 389 g/mol. The lowest BCUT2D eigenvalue weighted by atomic mass is 10.1. The predicted octanol–water partition coefficient (Wildman–Crippen LogP) is 2.49. The van der Waals surface area contributed by atoms with Crippen LogP contribution in [0.2, 0.25) is 5.02 Å². The smallest absolute Gasteiger partial charge is 0.253 e. The van der Waals surface area contributed by atoms with Crippen LogP contribution in [-0.2, 0) is 9.59 Å². The Bertz CT molecular complexity index is 876. The third kappa shape index (κ3) is 6.55. The molecule has 0 saturated carbocycles. The number of nitrogens with one attached hydrogen (secondary N) is 2. The summed E-state index contributed by atoms with van der Waals surface area (Å²) in [6.45, 7) is 0.118. The Balaban J connectivity index is 1.89. The Morgan fingerprint density at radius 3 is 2.57 bits per heavy atom. The van der Waals surface area contributed by atoms with Gasteiger partial charge in [0.25, 0.3) is 5.91 Å². The van der Waals surface area contributed by atoms with Crippen LogP contribution in [0.3, 0.4) is 0 Å². The normalized spacial score (nSPS) is 10.2. The van der Waals surface area contributed by atoms with Crippen LogP contribution in [0, 0.1) is 5.82 Å². The average Bonchev–Trinajstić information content (AvgIpc) is 2.63. The van der Waals surface area contributed by atoms with E-state index in [1.54, 1.807) is 24.3 Å². The van der Waals surface area contributed by atoms with Gasteiger partial charge in [-0.2, -0.15) is 0 Å². The highest BCUT2D eigenvalue weighted by Gasteiger charge is 2.13. The molecule has 7 nitrogen and oxygen atoms in total. The third-order valence-electron chi connectivity index (χ3n) is 3.58. The van der Waals surface area contributed by atoms with Gasteiger partial charge in [-0.05, 0) is 30.3 Å². The summed E-state index contributed by atoms with van der Waals surface area (Å²) >= 11 is 5.85. The summed E-state index contributed by atoms with van der Waals surface area (Å²) in [6.07, 6.45) is 0.00881. The van der Waals surface area contributed by atoms with Crippen molar-refractivity contribution < 1.29 is 23.5 Å². The van der Waals surface area contributed by atoms with Crippen LogP contribution in [-0.4, -0.2) is 30.9 Å². The maximum atomic E-state index is 13.0. The van der Waals surface area contributed by atoms with Crippen molar-refractivity contribution in [1.82, 2.24) is 5.32 Å². The molecule has 0 unspecified atom stereocenters. The number of hydrogen-bond donors (Lipinski definition) is 3. The average molecular weight is 408 g/mol. The number of ether oxygens (including phenoxy) is 1. The van der Waals surface area contributed by atoms with E-state index < -0.39 is 17.6 Å². The highest BCUT2D eigenvalue weighted by molar-refractivity contribution is 6.32. The van der Waals surface area contributed by atoms with Crippen LogP contribution >= 0.6 is 11.6 Å². The Morgan fingerprint density at radius 1 is 1.11 bits per heavy atom. The highest BCUT2D eigenvalue weighted by Crippen LogP contribution is 2.25. The van der Waals surface area contributed by atoms with Gasteiger partial charge < -0.3 is 21.1 Å². The summed E-state index contributed by atoms with van der Waals surface area (Å²) in [6, 6.07) is 10.1. The van der Waals surface area contributed by atoms with Gasteiger partial charge in [0.15, 0.2) is 0 Å². The molecule has 0 bridgehead atoms. The molecule has 0 aliphatic heterocycles. The largest absolute Gasteiger partial charge is 0.491 e. The van der Waals surface area contributed by atoms with Gasteiger partial charge in [-0.25, -0.2) is 4.39 Å². The molecule has 0 heterocycles. The molecule has 28 heavy (non-hydrogen) atoms. The van der Waals surface area contributed by atoms with Crippen LogP contribution < -0.4 is 21.1 Å². The highest BCUT2D eigenvalue weighted by atomic mass is 35.5. The second kappa shape index (κ2) is 10.3. The number of carbonyl (C=O) groups excluding carboxylic acids is 3. The summed E-state index contributed by atoms with van der Waals surface area (Å²) in [5.74, 6) is -1.56. The lowest BCUT2D eigenvalue weighted by molar-refractivity contribution is -0.118. The molecule has 4 N–H and O–H groups in total. The molecule has 0 radical (unpaired) electrons. The SMILES string of the molecule is NC(=O)CCNC(=O)c1ccccc1NC(=O)CCOc1ccc(F)cc1Cl. The number of para-hydroxylation sites is 1. The van der Waals surface area contributed by atoms with Crippen molar-refractivity contribution in [2.75, 3.05) is 18.5 Å². The molecule has 0 spiro atoms. The van der Waals surface area contributed by atoms with Gasteiger partial charge in [-0.3, -0.25) is 14.4 Å². The molecular formula is C19H19ClFN3O4. The van der Waals surface area contributed by atoms with Crippen molar-refractivity contribution in [3.8, 4) is 5.75 Å². The molecule has 2 aromatic rings. The number of anilines is 1. The second-order valence-electron chi connectivity index (χ2n) is 5.74. The van der Waals surface area contributed by atoms with E-state index in [0.717, 1.165) is 6.07 Å². The van der Waals surface area contributed by atoms with Gasteiger partial charge in [-0.1, -0.05) is 23.7 Å².